The van der Waals surface area contributed by atoms with Crippen LogP contribution in [0.2, 0.25) is 0 Å². The molecule has 1 saturated carbocycles. The molecule has 6 nitrogen and oxygen atoms in total. The Labute approximate surface area is 198 Å². The molecule has 0 aromatic heterocycles. The highest BCUT2D eigenvalue weighted by Gasteiger charge is 2.22. The van der Waals surface area contributed by atoms with Gasteiger partial charge >= 0.3 is 0 Å². The summed E-state index contributed by atoms with van der Waals surface area (Å²) in [7, 11) is 0. The van der Waals surface area contributed by atoms with Crippen molar-refractivity contribution in [2.24, 2.45) is 16.8 Å². The van der Waals surface area contributed by atoms with E-state index < -0.39 is 0 Å². The van der Waals surface area contributed by atoms with Crippen LogP contribution in [0.5, 0.6) is 0 Å². The van der Waals surface area contributed by atoms with E-state index >= 15 is 0 Å². The average molecular weight is 530 g/mol. The second kappa shape index (κ2) is 15.5. The maximum absolute atomic E-state index is 12.4. The minimum atomic E-state index is 0. The van der Waals surface area contributed by atoms with E-state index in [1.165, 1.54) is 0 Å². The molecule has 30 heavy (non-hydrogen) atoms. The molecular weight excluding hydrogens is 491 g/mol. The number of aliphatic hydroxyl groups is 1. The molecule has 1 fully saturated rings. The third kappa shape index (κ3) is 9.64. The number of aliphatic hydroxyl groups excluding tert-OH is 1. The molecule has 1 aliphatic rings. The lowest BCUT2D eigenvalue weighted by atomic mass is 10.0. The number of halogens is 1. The van der Waals surface area contributed by atoms with Gasteiger partial charge in [-0.2, -0.15) is 0 Å². The molecule has 0 spiro atoms. The van der Waals surface area contributed by atoms with Gasteiger partial charge in [0.15, 0.2) is 5.96 Å². The van der Waals surface area contributed by atoms with Crippen LogP contribution in [-0.4, -0.2) is 36.7 Å². The first kappa shape index (κ1) is 26.7. The van der Waals surface area contributed by atoms with E-state index in [0.29, 0.717) is 12.5 Å². The molecule has 2 rings (SSSR count). The van der Waals surface area contributed by atoms with Crippen LogP contribution >= 0.6 is 24.0 Å². The quantitative estimate of drug-likeness (QED) is 0.196. The van der Waals surface area contributed by atoms with Gasteiger partial charge in [-0.1, -0.05) is 38.3 Å². The zero-order valence-electron chi connectivity index (χ0n) is 18.5. The Bertz CT molecular complexity index is 642. The van der Waals surface area contributed by atoms with Gasteiger partial charge in [0.25, 0.3) is 0 Å². The molecule has 1 aromatic rings. The van der Waals surface area contributed by atoms with Crippen molar-refractivity contribution in [3.8, 4) is 0 Å². The van der Waals surface area contributed by atoms with Crippen LogP contribution in [0.3, 0.4) is 0 Å². The highest BCUT2D eigenvalue weighted by molar-refractivity contribution is 14.0. The minimum absolute atomic E-state index is 0. The predicted molar refractivity (Wildman–Crippen MR) is 135 cm³/mol. The Morgan fingerprint density at radius 3 is 2.63 bits per heavy atom. The molecule has 1 atom stereocenters. The van der Waals surface area contributed by atoms with Gasteiger partial charge in [0.05, 0.1) is 6.54 Å². The van der Waals surface area contributed by atoms with Gasteiger partial charge in [0.2, 0.25) is 5.91 Å². The Morgan fingerprint density at radius 1 is 1.20 bits per heavy atom. The number of amides is 1. The van der Waals surface area contributed by atoms with Crippen molar-refractivity contribution in [3.63, 3.8) is 0 Å². The van der Waals surface area contributed by atoms with Gasteiger partial charge in [-0.05, 0) is 56.2 Å². The van der Waals surface area contributed by atoms with Gasteiger partial charge in [0, 0.05) is 31.3 Å². The number of nitrogens with zero attached hydrogens (tertiary/aromatic N) is 1. The highest BCUT2D eigenvalue weighted by atomic mass is 127. The number of hydrogen-bond acceptors (Lipinski definition) is 3. The molecule has 7 heteroatoms. The maximum Gasteiger partial charge on any atom is 0.227 e. The predicted octanol–water partition coefficient (Wildman–Crippen LogP) is 4.29. The minimum Gasteiger partial charge on any atom is -0.396 e. The van der Waals surface area contributed by atoms with Crippen molar-refractivity contribution in [3.05, 3.63) is 29.8 Å². The Kier molecular flexibility index (Phi) is 13.7. The number of nitrogens with one attached hydrogen (secondary N) is 3. The summed E-state index contributed by atoms with van der Waals surface area (Å²) in [4.78, 5) is 17.0. The summed E-state index contributed by atoms with van der Waals surface area (Å²) < 4.78 is 0. The third-order valence-corrected chi connectivity index (χ3v) is 5.48. The molecule has 1 unspecified atom stereocenters. The summed E-state index contributed by atoms with van der Waals surface area (Å²) >= 11 is 0. The van der Waals surface area contributed by atoms with E-state index in [-0.39, 0.29) is 42.4 Å². The zero-order valence-corrected chi connectivity index (χ0v) is 20.8. The molecule has 0 bridgehead atoms. The lowest BCUT2D eigenvalue weighted by Crippen LogP contribution is -2.40. The molecule has 1 aliphatic carbocycles. The van der Waals surface area contributed by atoms with Crippen LogP contribution in [0, 0.1) is 11.8 Å². The Morgan fingerprint density at radius 2 is 1.97 bits per heavy atom. The molecule has 1 amide bonds. The zero-order chi connectivity index (χ0) is 20.9. The average Bonchev–Trinajstić information content (AvgIpc) is 3.26. The molecule has 0 saturated heterocycles. The van der Waals surface area contributed by atoms with E-state index in [1.54, 1.807) is 0 Å². The normalized spacial score (nSPS) is 15.4. The summed E-state index contributed by atoms with van der Waals surface area (Å²) in [5.41, 5.74) is 1.91. The molecule has 170 valence electrons. The summed E-state index contributed by atoms with van der Waals surface area (Å²) in [5, 5.41) is 19.0. The van der Waals surface area contributed by atoms with Gasteiger partial charge in [-0.3, -0.25) is 4.79 Å². The van der Waals surface area contributed by atoms with Gasteiger partial charge in [0.1, 0.15) is 0 Å². The lowest BCUT2D eigenvalue weighted by Gasteiger charge is -2.18. The monoisotopic (exact) mass is 530 g/mol. The van der Waals surface area contributed by atoms with Crippen molar-refractivity contribution in [2.45, 2.75) is 65.3 Å². The van der Waals surface area contributed by atoms with Crippen LogP contribution in [0.4, 0.5) is 5.69 Å². The van der Waals surface area contributed by atoms with E-state index in [2.05, 4.69) is 22.9 Å². The van der Waals surface area contributed by atoms with Crippen molar-refractivity contribution in [1.29, 1.82) is 0 Å². The smallest absolute Gasteiger partial charge is 0.227 e. The SMILES string of the molecule is CCCC(CCO)CNC(=NCc1cccc(NC(=O)C2CCCC2)c1)NCC.I. The standard InChI is InChI=1S/C23H38N4O2.HI/c1-3-8-18(13-14-28)16-25-23(24-4-2)26-17-19-9-7-12-21(15-19)27-22(29)20-10-5-6-11-20;/h7,9,12,15,18,20,28H,3-6,8,10-11,13-14,16-17H2,1-2H3,(H,27,29)(H2,24,25,26);1H. The van der Waals surface area contributed by atoms with E-state index in [1.807, 2.05) is 31.2 Å². The van der Waals surface area contributed by atoms with Crippen LogP contribution in [0.25, 0.3) is 0 Å². The number of aliphatic imine (C=N–C) groups is 1. The Balaban J connectivity index is 0.00000450. The van der Waals surface area contributed by atoms with Gasteiger partial charge < -0.3 is 21.1 Å². The Hall–Kier alpha value is -1.35. The molecule has 0 heterocycles. The highest BCUT2D eigenvalue weighted by Crippen LogP contribution is 2.26. The first-order valence-electron chi connectivity index (χ1n) is 11.2. The van der Waals surface area contributed by atoms with Crippen LogP contribution in [0.15, 0.2) is 29.3 Å². The molecule has 0 radical (unpaired) electrons. The number of guanidine groups is 1. The number of carbonyl (C=O) groups is 1. The molecule has 1 aromatic carbocycles. The van der Waals surface area contributed by atoms with E-state index in [0.717, 1.165) is 75.2 Å². The van der Waals surface area contributed by atoms with E-state index in [9.17, 15) is 9.90 Å². The summed E-state index contributed by atoms with van der Waals surface area (Å²) in [6.07, 6.45) is 7.33. The fourth-order valence-corrected chi connectivity index (χ4v) is 3.87. The largest absolute Gasteiger partial charge is 0.396 e. The number of benzene rings is 1. The maximum atomic E-state index is 12.4. The van der Waals surface area contributed by atoms with Crippen LogP contribution in [0.1, 0.15) is 64.4 Å². The number of carbonyl (C=O) groups excluding carboxylic acids is 1. The van der Waals surface area contributed by atoms with Gasteiger partial charge in [-0.15, -0.1) is 24.0 Å². The molecule has 4 N–H and O–H groups in total. The van der Waals surface area contributed by atoms with Crippen molar-refractivity contribution in [2.75, 3.05) is 25.0 Å². The van der Waals surface area contributed by atoms with Gasteiger partial charge in [-0.25, -0.2) is 4.99 Å². The fraction of sp³-hybridized carbons (Fsp3) is 0.652. The van der Waals surface area contributed by atoms with Crippen LogP contribution in [-0.2, 0) is 11.3 Å². The fourth-order valence-electron chi connectivity index (χ4n) is 3.87. The number of rotatable bonds is 11. The summed E-state index contributed by atoms with van der Waals surface area (Å²) in [6, 6.07) is 7.94. The van der Waals surface area contributed by atoms with Crippen molar-refractivity contribution in [1.82, 2.24) is 10.6 Å². The number of hydrogen-bond donors (Lipinski definition) is 4. The second-order valence-corrected chi connectivity index (χ2v) is 7.91. The number of anilines is 1. The topological polar surface area (TPSA) is 85.8 Å². The van der Waals surface area contributed by atoms with Crippen LogP contribution < -0.4 is 16.0 Å². The first-order chi connectivity index (χ1) is 14.2. The second-order valence-electron chi connectivity index (χ2n) is 7.91. The summed E-state index contributed by atoms with van der Waals surface area (Å²) in [5.74, 6) is 1.54. The third-order valence-electron chi connectivity index (χ3n) is 5.48. The molecular formula is C23H39IN4O2. The van der Waals surface area contributed by atoms with Crippen molar-refractivity contribution < 1.29 is 9.90 Å². The lowest BCUT2D eigenvalue weighted by molar-refractivity contribution is -0.119. The van der Waals surface area contributed by atoms with E-state index in [4.69, 9.17) is 4.99 Å². The first-order valence-corrected chi connectivity index (χ1v) is 11.2. The molecule has 0 aliphatic heterocycles. The summed E-state index contributed by atoms with van der Waals surface area (Å²) in [6.45, 7) is 6.58. The van der Waals surface area contributed by atoms with Crippen molar-refractivity contribution >= 4 is 41.5 Å².